The van der Waals surface area contributed by atoms with Crippen molar-refractivity contribution in [2.75, 3.05) is 19.0 Å². The molecule has 0 N–H and O–H groups in total. The molecule has 0 amide bonds. The van der Waals surface area contributed by atoms with Crippen LogP contribution in [0.5, 0.6) is 0 Å². The third-order valence-corrected chi connectivity index (χ3v) is 5.69. The van der Waals surface area contributed by atoms with Gasteiger partial charge in [-0.1, -0.05) is 24.3 Å². The van der Waals surface area contributed by atoms with E-state index in [-0.39, 0.29) is 11.1 Å². The Morgan fingerprint density at radius 1 is 0.828 bits per heavy atom. The second kappa shape index (κ2) is 5.88. The Kier molecular flexibility index (Phi) is 3.52. The maximum atomic E-state index is 13.3. The van der Waals surface area contributed by atoms with E-state index in [1.54, 1.807) is 30.3 Å². The van der Waals surface area contributed by atoms with E-state index in [4.69, 9.17) is 4.42 Å². The molecule has 142 valence electrons. The van der Waals surface area contributed by atoms with Crippen LogP contribution in [-0.4, -0.2) is 31.4 Å². The van der Waals surface area contributed by atoms with Gasteiger partial charge in [-0.3, -0.25) is 14.4 Å². The molecule has 0 saturated heterocycles. The molecule has 0 radical (unpaired) electrons. The molecule has 5 rings (SSSR count). The van der Waals surface area contributed by atoms with Crippen LogP contribution in [0.4, 0.5) is 5.69 Å². The highest BCUT2D eigenvalue weighted by Crippen LogP contribution is 2.46. The monoisotopic (exact) mass is 383 g/mol. The van der Waals surface area contributed by atoms with Gasteiger partial charge < -0.3 is 9.32 Å². The Balaban J connectivity index is 1.68. The molecule has 0 unspecified atom stereocenters. The molecule has 0 bridgehead atoms. The molecule has 5 heteroatoms. The van der Waals surface area contributed by atoms with E-state index >= 15 is 0 Å². The van der Waals surface area contributed by atoms with Crippen molar-refractivity contribution in [3.05, 3.63) is 83.1 Å². The van der Waals surface area contributed by atoms with Crippen LogP contribution in [0.1, 0.15) is 32.0 Å². The summed E-state index contributed by atoms with van der Waals surface area (Å²) in [5.74, 6) is -0.610. The Morgan fingerprint density at radius 2 is 1.45 bits per heavy atom. The number of fused-ring (bicyclic) bond motifs is 3. The predicted molar refractivity (Wildman–Crippen MR) is 109 cm³/mol. The first-order chi connectivity index (χ1) is 13.9. The second-order valence-corrected chi connectivity index (χ2v) is 7.48. The third-order valence-electron chi connectivity index (χ3n) is 5.69. The molecule has 1 aromatic heterocycles. The quantitative estimate of drug-likeness (QED) is 0.628. The number of hydrogen-bond acceptors (Lipinski definition) is 5. The van der Waals surface area contributed by atoms with E-state index in [2.05, 4.69) is 0 Å². The first-order valence-electron chi connectivity index (χ1n) is 9.28. The van der Waals surface area contributed by atoms with Gasteiger partial charge in [0.25, 0.3) is 0 Å². The van der Waals surface area contributed by atoms with Gasteiger partial charge in [0.1, 0.15) is 11.5 Å². The van der Waals surface area contributed by atoms with Crippen molar-refractivity contribution in [2.24, 2.45) is 0 Å². The zero-order valence-electron chi connectivity index (χ0n) is 15.9. The molecule has 0 atom stereocenters. The number of carbonyl (C=O) groups excluding carboxylic acids is 3. The lowest BCUT2D eigenvalue weighted by Crippen LogP contribution is -2.46. The summed E-state index contributed by atoms with van der Waals surface area (Å²) < 4.78 is 5.97. The Bertz CT molecular complexity index is 1190. The molecule has 2 aliphatic carbocycles. The lowest BCUT2D eigenvalue weighted by molar-refractivity contribution is -0.117. The lowest BCUT2D eigenvalue weighted by Gasteiger charge is -2.24. The van der Waals surface area contributed by atoms with Crippen molar-refractivity contribution in [1.82, 2.24) is 0 Å². The van der Waals surface area contributed by atoms with E-state index in [0.29, 0.717) is 17.1 Å². The number of furan rings is 1. The Morgan fingerprint density at radius 3 is 2.03 bits per heavy atom. The Hall–Kier alpha value is -3.73. The fourth-order valence-corrected chi connectivity index (χ4v) is 4.15. The number of nitrogens with zero attached hydrogens (tertiary/aromatic N) is 1. The zero-order valence-corrected chi connectivity index (χ0v) is 15.9. The highest BCUT2D eigenvalue weighted by Gasteiger charge is 2.61. The standard InChI is InChI=1S/C24H17NO4/c1-25(2)15-9-7-14(8-10-15)20-13-18-19(29-20)11-12-21(26)24(18)22(27)16-5-3-4-6-17(16)23(24)28/h3-13H,1-2H3. The number of carbonyl (C=O) groups is 3. The molecule has 5 nitrogen and oxygen atoms in total. The first-order valence-corrected chi connectivity index (χ1v) is 9.28. The van der Waals surface area contributed by atoms with Crippen molar-refractivity contribution in [2.45, 2.75) is 5.41 Å². The van der Waals surface area contributed by atoms with Gasteiger partial charge in [-0.25, -0.2) is 0 Å². The first kappa shape index (κ1) is 17.4. The van der Waals surface area contributed by atoms with Crippen molar-refractivity contribution >= 4 is 29.1 Å². The fraction of sp³-hybridized carbons (Fsp3) is 0.125. The van der Waals surface area contributed by atoms with Gasteiger partial charge >= 0.3 is 0 Å². The number of benzene rings is 2. The zero-order chi connectivity index (χ0) is 20.3. The summed E-state index contributed by atoms with van der Waals surface area (Å²) in [7, 11) is 3.91. The molecule has 0 aliphatic heterocycles. The fourth-order valence-electron chi connectivity index (χ4n) is 4.15. The summed E-state index contributed by atoms with van der Waals surface area (Å²) >= 11 is 0. The van der Waals surface area contributed by atoms with Gasteiger partial charge in [0, 0.05) is 42.0 Å². The van der Waals surface area contributed by atoms with E-state index in [9.17, 15) is 14.4 Å². The van der Waals surface area contributed by atoms with E-state index in [1.807, 2.05) is 43.3 Å². The SMILES string of the molecule is CN(C)c1ccc(-c2cc3c(o2)C=CC(=O)C32C(=O)c3ccccc3C2=O)cc1. The van der Waals surface area contributed by atoms with Gasteiger partial charge in [0.05, 0.1) is 0 Å². The van der Waals surface area contributed by atoms with Crippen LogP contribution in [0.25, 0.3) is 17.4 Å². The van der Waals surface area contributed by atoms with Crippen LogP contribution in [-0.2, 0) is 10.2 Å². The molecule has 1 spiro atoms. The lowest BCUT2D eigenvalue weighted by atomic mass is 9.70. The van der Waals surface area contributed by atoms with Crippen LogP contribution in [0.15, 0.2) is 65.1 Å². The summed E-state index contributed by atoms with van der Waals surface area (Å²) in [4.78, 5) is 41.5. The molecular weight excluding hydrogens is 366 g/mol. The molecule has 0 fully saturated rings. The Labute approximate surface area is 167 Å². The largest absolute Gasteiger partial charge is 0.456 e. The van der Waals surface area contributed by atoms with Gasteiger partial charge in [-0.15, -0.1) is 0 Å². The van der Waals surface area contributed by atoms with Crippen LogP contribution in [0, 0.1) is 0 Å². The van der Waals surface area contributed by atoms with Crippen LogP contribution < -0.4 is 4.90 Å². The van der Waals surface area contributed by atoms with Gasteiger partial charge in [0.2, 0.25) is 0 Å². The molecule has 2 aliphatic rings. The number of Topliss-reactive ketones (excluding diaryl/α,β-unsaturated/α-hetero) is 2. The topological polar surface area (TPSA) is 67.6 Å². The van der Waals surface area contributed by atoms with Gasteiger partial charge in [0.15, 0.2) is 22.8 Å². The molecular formula is C24H17NO4. The number of allylic oxidation sites excluding steroid dienone is 1. The summed E-state index contributed by atoms with van der Waals surface area (Å²) in [5, 5.41) is 0. The third kappa shape index (κ3) is 2.18. The summed E-state index contributed by atoms with van der Waals surface area (Å²) in [6.07, 6.45) is 2.80. The molecule has 0 saturated carbocycles. The number of hydrogen-bond donors (Lipinski definition) is 0. The number of rotatable bonds is 2. The van der Waals surface area contributed by atoms with E-state index in [0.717, 1.165) is 11.3 Å². The number of anilines is 1. The minimum absolute atomic E-state index is 0.283. The highest BCUT2D eigenvalue weighted by molar-refractivity contribution is 6.46. The minimum atomic E-state index is -1.88. The summed E-state index contributed by atoms with van der Waals surface area (Å²) in [5.41, 5.74) is 0.849. The second-order valence-electron chi connectivity index (χ2n) is 7.48. The normalized spacial score (nSPS) is 16.3. The maximum Gasteiger partial charge on any atom is 0.190 e. The minimum Gasteiger partial charge on any atom is -0.456 e. The van der Waals surface area contributed by atoms with Crippen LogP contribution in [0.2, 0.25) is 0 Å². The van der Waals surface area contributed by atoms with Crippen LogP contribution >= 0.6 is 0 Å². The highest BCUT2D eigenvalue weighted by atomic mass is 16.3. The van der Waals surface area contributed by atoms with E-state index < -0.39 is 22.8 Å². The van der Waals surface area contributed by atoms with Gasteiger partial charge in [-0.05, 0) is 42.5 Å². The average molecular weight is 383 g/mol. The average Bonchev–Trinajstić information content (AvgIpc) is 3.26. The number of ketones is 3. The molecule has 2 aromatic carbocycles. The van der Waals surface area contributed by atoms with Crippen LogP contribution in [0.3, 0.4) is 0 Å². The molecule has 29 heavy (non-hydrogen) atoms. The van der Waals surface area contributed by atoms with Crippen molar-refractivity contribution in [1.29, 1.82) is 0 Å². The van der Waals surface area contributed by atoms with Crippen molar-refractivity contribution in [3.8, 4) is 11.3 Å². The summed E-state index contributed by atoms with van der Waals surface area (Å²) in [6, 6.07) is 16.0. The smallest absolute Gasteiger partial charge is 0.190 e. The molecule has 1 heterocycles. The van der Waals surface area contributed by atoms with Crippen molar-refractivity contribution < 1.29 is 18.8 Å². The predicted octanol–water partition coefficient (Wildman–Crippen LogP) is 3.93. The maximum absolute atomic E-state index is 13.3. The summed E-state index contributed by atoms with van der Waals surface area (Å²) in [6.45, 7) is 0. The van der Waals surface area contributed by atoms with Gasteiger partial charge in [-0.2, -0.15) is 0 Å². The molecule has 3 aromatic rings. The van der Waals surface area contributed by atoms with Crippen molar-refractivity contribution in [3.63, 3.8) is 0 Å². The van der Waals surface area contributed by atoms with E-state index in [1.165, 1.54) is 12.2 Å².